The fraction of sp³-hybridized carbons (Fsp3) is 0.308. The first-order valence-electron chi connectivity index (χ1n) is 5.61. The molecule has 0 aliphatic rings. The van der Waals surface area contributed by atoms with Crippen molar-refractivity contribution in [3.05, 3.63) is 51.4 Å². The highest BCUT2D eigenvalue weighted by molar-refractivity contribution is 7.09. The van der Waals surface area contributed by atoms with Gasteiger partial charge in [-0.3, -0.25) is 0 Å². The van der Waals surface area contributed by atoms with Crippen LogP contribution in [0.4, 0.5) is 0 Å². The predicted molar refractivity (Wildman–Crippen MR) is 73.5 cm³/mol. The topological polar surface area (TPSA) is 38.9 Å². The number of halogens is 1. The molecule has 0 spiro atoms. The van der Waals surface area contributed by atoms with Crippen molar-refractivity contribution in [2.45, 2.75) is 12.8 Å². The zero-order valence-electron chi connectivity index (χ0n) is 9.47. The molecule has 0 radical (unpaired) electrons. The molecule has 0 aliphatic carbocycles. The van der Waals surface area contributed by atoms with E-state index < -0.39 is 0 Å². The molecule has 2 nitrogen and oxygen atoms in total. The molecule has 0 bridgehead atoms. The Morgan fingerprint density at radius 3 is 2.59 bits per heavy atom. The van der Waals surface area contributed by atoms with Crippen molar-refractivity contribution in [2.75, 3.05) is 6.54 Å². The van der Waals surface area contributed by atoms with E-state index in [9.17, 15) is 0 Å². The van der Waals surface area contributed by atoms with Crippen molar-refractivity contribution in [3.63, 3.8) is 0 Å². The Bertz CT molecular complexity index is 439. The zero-order valence-corrected chi connectivity index (χ0v) is 11.0. The molecule has 2 rings (SSSR count). The number of thiazole rings is 1. The molecular weight excluding hydrogens is 252 g/mol. The van der Waals surface area contributed by atoms with Gasteiger partial charge in [0.05, 0.1) is 5.01 Å². The summed E-state index contributed by atoms with van der Waals surface area (Å²) in [7, 11) is 0. The lowest BCUT2D eigenvalue weighted by Gasteiger charge is -2.13. The van der Waals surface area contributed by atoms with Crippen LogP contribution in [-0.4, -0.2) is 11.5 Å². The highest BCUT2D eigenvalue weighted by Gasteiger charge is 2.10. The molecule has 0 saturated carbocycles. The van der Waals surface area contributed by atoms with Gasteiger partial charge in [-0.2, -0.15) is 0 Å². The van der Waals surface area contributed by atoms with Crippen LogP contribution in [0, 0.1) is 5.92 Å². The summed E-state index contributed by atoms with van der Waals surface area (Å²) in [5.41, 5.74) is 7.10. The van der Waals surface area contributed by atoms with Crippen LogP contribution in [0.25, 0.3) is 0 Å². The van der Waals surface area contributed by atoms with E-state index in [1.807, 2.05) is 23.7 Å². The van der Waals surface area contributed by atoms with Crippen molar-refractivity contribution in [3.8, 4) is 0 Å². The lowest BCUT2D eigenvalue weighted by Crippen LogP contribution is -2.19. The highest BCUT2D eigenvalue weighted by atomic mass is 35.5. The molecule has 17 heavy (non-hydrogen) atoms. The van der Waals surface area contributed by atoms with Crippen LogP contribution >= 0.6 is 22.9 Å². The summed E-state index contributed by atoms with van der Waals surface area (Å²) in [5.74, 6) is 0.447. The van der Waals surface area contributed by atoms with Crippen molar-refractivity contribution < 1.29 is 0 Å². The average molecular weight is 267 g/mol. The van der Waals surface area contributed by atoms with Gasteiger partial charge in [-0.15, -0.1) is 11.3 Å². The minimum absolute atomic E-state index is 0.447. The van der Waals surface area contributed by atoms with E-state index in [4.69, 9.17) is 17.3 Å². The second kappa shape index (κ2) is 6.15. The van der Waals surface area contributed by atoms with E-state index in [-0.39, 0.29) is 0 Å². The molecule has 0 aliphatic heterocycles. The predicted octanol–water partition coefficient (Wildman–Crippen LogP) is 3.16. The fourth-order valence-electron chi connectivity index (χ4n) is 1.79. The first kappa shape index (κ1) is 12.6. The third-order valence-electron chi connectivity index (χ3n) is 2.72. The third kappa shape index (κ3) is 3.80. The molecule has 1 aromatic heterocycles. The molecular formula is C13H15ClN2S. The van der Waals surface area contributed by atoms with Gasteiger partial charge in [0.1, 0.15) is 0 Å². The number of hydrogen-bond donors (Lipinski definition) is 1. The zero-order chi connectivity index (χ0) is 12.1. The highest BCUT2D eigenvalue weighted by Crippen LogP contribution is 2.17. The van der Waals surface area contributed by atoms with Crippen LogP contribution in [0.15, 0.2) is 35.8 Å². The van der Waals surface area contributed by atoms with Gasteiger partial charge in [0.15, 0.2) is 0 Å². The van der Waals surface area contributed by atoms with Crippen LogP contribution in [0.2, 0.25) is 5.02 Å². The van der Waals surface area contributed by atoms with E-state index in [1.54, 1.807) is 11.3 Å². The largest absolute Gasteiger partial charge is 0.330 e. The molecule has 90 valence electrons. The molecule has 2 N–H and O–H groups in total. The van der Waals surface area contributed by atoms with Crippen LogP contribution in [0.1, 0.15) is 10.6 Å². The van der Waals surface area contributed by atoms with Gasteiger partial charge in [0.25, 0.3) is 0 Å². The molecule has 1 unspecified atom stereocenters. The quantitative estimate of drug-likeness (QED) is 0.903. The number of benzene rings is 1. The van der Waals surface area contributed by atoms with Gasteiger partial charge in [-0.1, -0.05) is 23.7 Å². The number of aromatic nitrogens is 1. The Morgan fingerprint density at radius 1 is 1.24 bits per heavy atom. The van der Waals surface area contributed by atoms with Gasteiger partial charge in [-0.25, -0.2) is 4.98 Å². The molecule has 1 heterocycles. The van der Waals surface area contributed by atoms with Crippen LogP contribution in [0.3, 0.4) is 0 Å². The summed E-state index contributed by atoms with van der Waals surface area (Å²) in [5, 5.41) is 3.94. The van der Waals surface area contributed by atoms with Gasteiger partial charge >= 0.3 is 0 Å². The molecule has 0 saturated heterocycles. The second-order valence-electron chi connectivity index (χ2n) is 4.06. The van der Waals surface area contributed by atoms with E-state index in [2.05, 4.69) is 17.1 Å². The fourth-order valence-corrected chi connectivity index (χ4v) is 2.65. The lowest BCUT2D eigenvalue weighted by atomic mass is 9.97. The summed E-state index contributed by atoms with van der Waals surface area (Å²) in [4.78, 5) is 4.30. The van der Waals surface area contributed by atoms with Crippen molar-refractivity contribution >= 4 is 22.9 Å². The standard InChI is InChI=1S/C13H15ClN2S/c14-12-3-1-10(2-4-12)7-11(9-15)8-13-16-5-6-17-13/h1-6,11H,7-9,15H2. The first-order valence-corrected chi connectivity index (χ1v) is 6.86. The molecule has 1 atom stereocenters. The van der Waals surface area contributed by atoms with E-state index in [1.165, 1.54) is 5.56 Å². The Kier molecular flexibility index (Phi) is 4.54. The molecule has 4 heteroatoms. The summed E-state index contributed by atoms with van der Waals surface area (Å²) < 4.78 is 0. The minimum atomic E-state index is 0.447. The second-order valence-corrected chi connectivity index (χ2v) is 5.48. The maximum atomic E-state index is 5.86. The van der Waals surface area contributed by atoms with Gasteiger partial charge in [0, 0.05) is 23.0 Å². The molecule has 0 fully saturated rings. The monoisotopic (exact) mass is 266 g/mol. The number of hydrogen-bond acceptors (Lipinski definition) is 3. The summed E-state index contributed by atoms with van der Waals surface area (Å²) in [6.07, 6.45) is 3.78. The van der Waals surface area contributed by atoms with Crippen molar-refractivity contribution in [2.24, 2.45) is 11.7 Å². The Balaban J connectivity index is 1.97. The van der Waals surface area contributed by atoms with Crippen molar-refractivity contribution in [1.82, 2.24) is 4.98 Å². The van der Waals surface area contributed by atoms with E-state index in [0.717, 1.165) is 22.9 Å². The summed E-state index contributed by atoms with van der Waals surface area (Å²) >= 11 is 7.56. The lowest BCUT2D eigenvalue weighted by molar-refractivity contribution is 0.532. The van der Waals surface area contributed by atoms with E-state index in [0.29, 0.717) is 12.5 Å². The van der Waals surface area contributed by atoms with Gasteiger partial charge in [0.2, 0.25) is 0 Å². The Hall–Kier alpha value is -0.900. The SMILES string of the molecule is NCC(Cc1ccc(Cl)cc1)Cc1nccs1. The van der Waals surface area contributed by atoms with Crippen molar-refractivity contribution in [1.29, 1.82) is 0 Å². The Labute approximate surface area is 110 Å². The molecule has 2 aromatic rings. The van der Waals surface area contributed by atoms with Gasteiger partial charge in [-0.05, 0) is 36.6 Å². The van der Waals surface area contributed by atoms with Crippen LogP contribution in [-0.2, 0) is 12.8 Å². The maximum absolute atomic E-state index is 5.86. The minimum Gasteiger partial charge on any atom is -0.330 e. The third-order valence-corrected chi connectivity index (χ3v) is 3.77. The van der Waals surface area contributed by atoms with Crippen LogP contribution < -0.4 is 5.73 Å². The maximum Gasteiger partial charge on any atom is 0.0928 e. The first-order chi connectivity index (χ1) is 8.28. The summed E-state index contributed by atoms with van der Waals surface area (Å²) in [6.45, 7) is 0.683. The molecule has 1 aromatic carbocycles. The number of nitrogens with two attached hydrogens (primary N) is 1. The summed E-state index contributed by atoms with van der Waals surface area (Å²) in [6, 6.07) is 7.97. The van der Waals surface area contributed by atoms with Gasteiger partial charge < -0.3 is 5.73 Å². The van der Waals surface area contributed by atoms with Crippen LogP contribution in [0.5, 0.6) is 0 Å². The average Bonchev–Trinajstić information content (AvgIpc) is 2.84. The normalized spacial score (nSPS) is 12.6. The Morgan fingerprint density at radius 2 is 2.00 bits per heavy atom. The smallest absolute Gasteiger partial charge is 0.0928 e. The number of rotatable bonds is 5. The molecule has 0 amide bonds. The number of nitrogens with zero attached hydrogens (tertiary/aromatic N) is 1. The van der Waals surface area contributed by atoms with E-state index >= 15 is 0 Å².